The lowest BCUT2D eigenvalue weighted by Crippen LogP contribution is -2.21. The van der Waals surface area contributed by atoms with Crippen molar-refractivity contribution in [1.82, 2.24) is 9.55 Å². The van der Waals surface area contributed by atoms with Gasteiger partial charge in [0.1, 0.15) is 0 Å². The van der Waals surface area contributed by atoms with E-state index in [0.29, 0.717) is 27.5 Å². The average molecular weight is 353 g/mol. The maximum Gasteiger partial charge on any atom is 0.269 e. The summed E-state index contributed by atoms with van der Waals surface area (Å²) in [6.45, 7) is 5.78. The van der Waals surface area contributed by atoms with Crippen molar-refractivity contribution in [3.8, 4) is 5.69 Å². The van der Waals surface area contributed by atoms with Gasteiger partial charge in [0.15, 0.2) is 5.16 Å². The van der Waals surface area contributed by atoms with Crippen LogP contribution in [0.4, 0.5) is 5.69 Å². The van der Waals surface area contributed by atoms with Crippen LogP contribution in [0.1, 0.15) is 6.92 Å². The van der Waals surface area contributed by atoms with Crippen LogP contribution in [0, 0.1) is 10.1 Å². The molecule has 0 atom stereocenters. The fraction of sp³-hybridized carbons (Fsp3) is 0.111. The Morgan fingerprint density at radius 3 is 2.56 bits per heavy atom. The van der Waals surface area contributed by atoms with Gasteiger partial charge in [0, 0.05) is 17.9 Å². The fourth-order valence-corrected chi connectivity index (χ4v) is 3.20. The lowest BCUT2D eigenvalue weighted by atomic mass is 10.2. The first-order valence-corrected chi connectivity index (χ1v) is 8.50. The summed E-state index contributed by atoms with van der Waals surface area (Å²) in [5.74, 6) is 0.623. The smallest absolute Gasteiger partial charge is 0.268 e. The minimum atomic E-state index is -0.470. The zero-order valence-electron chi connectivity index (χ0n) is 13.5. The van der Waals surface area contributed by atoms with Crippen molar-refractivity contribution in [3.63, 3.8) is 0 Å². The molecule has 0 N–H and O–H groups in total. The molecule has 126 valence electrons. The van der Waals surface area contributed by atoms with Crippen LogP contribution in [0.3, 0.4) is 0 Å². The normalized spacial score (nSPS) is 10.8. The highest BCUT2D eigenvalue weighted by atomic mass is 32.2. The molecule has 0 fully saturated rings. The van der Waals surface area contributed by atoms with Gasteiger partial charge in [-0.1, -0.05) is 36.0 Å². The van der Waals surface area contributed by atoms with Gasteiger partial charge in [-0.25, -0.2) is 4.98 Å². The van der Waals surface area contributed by atoms with E-state index in [2.05, 4.69) is 11.6 Å². The summed E-state index contributed by atoms with van der Waals surface area (Å²) in [6, 6.07) is 13.0. The van der Waals surface area contributed by atoms with Crippen LogP contribution in [0.5, 0.6) is 0 Å². The lowest BCUT2D eigenvalue weighted by Gasteiger charge is -2.13. The van der Waals surface area contributed by atoms with E-state index < -0.39 is 4.92 Å². The third kappa shape index (κ3) is 3.46. The molecule has 0 bridgehead atoms. The Morgan fingerprint density at radius 1 is 1.24 bits per heavy atom. The second-order valence-corrected chi connectivity index (χ2v) is 6.51. The predicted octanol–water partition coefficient (Wildman–Crippen LogP) is 3.96. The SMILES string of the molecule is C=C(C)CSc1nc2ccccc2c(=O)n1-c1ccc([N+](=O)[O-])cc1. The summed E-state index contributed by atoms with van der Waals surface area (Å²) in [5.41, 5.74) is 1.89. The third-order valence-electron chi connectivity index (χ3n) is 3.51. The molecule has 3 rings (SSSR count). The van der Waals surface area contributed by atoms with Gasteiger partial charge < -0.3 is 0 Å². The van der Waals surface area contributed by atoms with Crippen LogP contribution < -0.4 is 5.56 Å². The molecule has 0 aliphatic carbocycles. The van der Waals surface area contributed by atoms with E-state index in [-0.39, 0.29) is 11.2 Å². The van der Waals surface area contributed by atoms with Crippen LogP contribution in [0.2, 0.25) is 0 Å². The van der Waals surface area contributed by atoms with Gasteiger partial charge in [-0.05, 0) is 31.2 Å². The average Bonchev–Trinajstić information content (AvgIpc) is 2.60. The van der Waals surface area contributed by atoms with Crippen LogP contribution in [0.25, 0.3) is 16.6 Å². The van der Waals surface area contributed by atoms with E-state index in [1.54, 1.807) is 30.3 Å². The maximum atomic E-state index is 13.0. The first-order chi connectivity index (χ1) is 12.0. The molecule has 1 heterocycles. The van der Waals surface area contributed by atoms with Crippen LogP contribution in [-0.2, 0) is 0 Å². The van der Waals surface area contributed by atoms with Gasteiger partial charge in [-0.3, -0.25) is 19.5 Å². The molecule has 0 aliphatic rings. The van der Waals surface area contributed by atoms with E-state index in [0.717, 1.165) is 5.57 Å². The van der Waals surface area contributed by atoms with Crippen molar-refractivity contribution in [2.45, 2.75) is 12.1 Å². The predicted molar refractivity (Wildman–Crippen MR) is 99.5 cm³/mol. The number of thioether (sulfide) groups is 1. The van der Waals surface area contributed by atoms with E-state index >= 15 is 0 Å². The number of aromatic nitrogens is 2. The van der Waals surface area contributed by atoms with Crippen molar-refractivity contribution in [2.75, 3.05) is 5.75 Å². The van der Waals surface area contributed by atoms with E-state index in [1.165, 1.54) is 28.5 Å². The molecule has 0 aliphatic heterocycles. The lowest BCUT2D eigenvalue weighted by molar-refractivity contribution is -0.384. The molecule has 0 saturated heterocycles. The minimum absolute atomic E-state index is 0.0262. The zero-order valence-corrected chi connectivity index (χ0v) is 14.3. The number of nitro groups is 1. The third-order valence-corrected chi connectivity index (χ3v) is 4.68. The van der Waals surface area contributed by atoms with Gasteiger partial charge >= 0.3 is 0 Å². The molecule has 0 unspecified atom stereocenters. The summed E-state index contributed by atoms with van der Waals surface area (Å²) in [7, 11) is 0. The number of nitro benzene ring substituents is 1. The number of non-ortho nitro benzene ring substituents is 1. The molecule has 3 aromatic rings. The summed E-state index contributed by atoms with van der Waals surface area (Å²) in [6.07, 6.45) is 0. The molecule has 7 heteroatoms. The first kappa shape index (κ1) is 16.9. The highest BCUT2D eigenvalue weighted by Gasteiger charge is 2.14. The van der Waals surface area contributed by atoms with E-state index in [9.17, 15) is 14.9 Å². The minimum Gasteiger partial charge on any atom is -0.268 e. The monoisotopic (exact) mass is 353 g/mol. The van der Waals surface area contributed by atoms with Crippen LogP contribution in [0.15, 0.2) is 70.6 Å². The van der Waals surface area contributed by atoms with Crippen molar-refractivity contribution < 1.29 is 4.92 Å². The van der Waals surface area contributed by atoms with Gasteiger partial charge in [0.05, 0.1) is 21.5 Å². The molecule has 0 radical (unpaired) electrons. The number of rotatable bonds is 5. The summed E-state index contributed by atoms with van der Waals surface area (Å²) in [5, 5.41) is 11.9. The molecule has 25 heavy (non-hydrogen) atoms. The maximum absolute atomic E-state index is 13.0. The Kier molecular flexibility index (Phi) is 4.67. The fourth-order valence-electron chi connectivity index (χ4n) is 2.35. The molecular weight excluding hydrogens is 338 g/mol. The van der Waals surface area contributed by atoms with Crippen molar-refractivity contribution in [2.24, 2.45) is 0 Å². The second kappa shape index (κ2) is 6.90. The number of fused-ring (bicyclic) bond motifs is 1. The van der Waals surface area contributed by atoms with Gasteiger partial charge in [-0.2, -0.15) is 0 Å². The number of nitrogens with zero attached hydrogens (tertiary/aromatic N) is 3. The Bertz CT molecular complexity index is 1030. The van der Waals surface area contributed by atoms with Gasteiger partial charge in [-0.15, -0.1) is 0 Å². The largest absolute Gasteiger partial charge is 0.269 e. The number of hydrogen-bond donors (Lipinski definition) is 0. The molecule has 6 nitrogen and oxygen atoms in total. The van der Waals surface area contributed by atoms with Crippen molar-refractivity contribution >= 4 is 28.4 Å². The summed E-state index contributed by atoms with van der Waals surface area (Å²) in [4.78, 5) is 27.9. The van der Waals surface area contributed by atoms with Crippen molar-refractivity contribution in [1.29, 1.82) is 0 Å². The Morgan fingerprint density at radius 2 is 1.92 bits per heavy atom. The quantitative estimate of drug-likeness (QED) is 0.228. The number of benzene rings is 2. The topological polar surface area (TPSA) is 78.0 Å². The molecule has 2 aromatic carbocycles. The van der Waals surface area contributed by atoms with E-state index in [4.69, 9.17) is 0 Å². The van der Waals surface area contributed by atoms with Crippen LogP contribution >= 0.6 is 11.8 Å². The van der Waals surface area contributed by atoms with Crippen LogP contribution in [-0.4, -0.2) is 20.2 Å². The summed E-state index contributed by atoms with van der Waals surface area (Å²) < 4.78 is 1.49. The Labute approximate surface area is 148 Å². The molecule has 1 aromatic heterocycles. The Hall–Kier alpha value is -2.93. The standard InChI is InChI=1S/C18H15N3O3S/c1-12(2)11-25-18-19-16-6-4-3-5-15(16)17(22)20(18)13-7-9-14(10-8-13)21(23)24/h3-10H,1,11H2,2H3. The van der Waals surface area contributed by atoms with E-state index in [1.807, 2.05) is 13.0 Å². The summed E-state index contributed by atoms with van der Waals surface area (Å²) >= 11 is 1.41. The molecule has 0 spiro atoms. The van der Waals surface area contributed by atoms with Gasteiger partial charge in [0.25, 0.3) is 11.2 Å². The highest BCUT2D eigenvalue weighted by Crippen LogP contribution is 2.23. The molecule has 0 amide bonds. The zero-order chi connectivity index (χ0) is 18.0. The number of para-hydroxylation sites is 1. The second-order valence-electron chi connectivity index (χ2n) is 5.57. The molecular formula is C18H15N3O3S. The highest BCUT2D eigenvalue weighted by molar-refractivity contribution is 7.99. The van der Waals surface area contributed by atoms with Crippen molar-refractivity contribution in [3.05, 3.63) is 81.2 Å². The Balaban J connectivity index is 2.21. The van der Waals surface area contributed by atoms with Gasteiger partial charge in [0.2, 0.25) is 0 Å². The first-order valence-electron chi connectivity index (χ1n) is 7.51. The number of hydrogen-bond acceptors (Lipinski definition) is 5. The molecule has 0 saturated carbocycles.